The molecule has 0 aromatic rings. The molecular weight excluding hydrogens is 244 g/mol. The second-order valence-corrected chi connectivity index (χ2v) is 3.23. The monoisotopic (exact) mass is 256 g/mol. The van der Waals surface area contributed by atoms with Crippen LogP contribution >= 0.6 is 0 Å². The Morgan fingerprint density at radius 1 is 1.22 bits per heavy atom. The highest BCUT2D eigenvalue weighted by atomic mass is 16.6. The third-order valence-corrected chi connectivity index (χ3v) is 1.27. The Bertz CT molecular complexity index is 388. The second kappa shape index (κ2) is 7.77. The minimum atomic E-state index is -1.16. The zero-order valence-corrected chi connectivity index (χ0v) is 9.78. The van der Waals surface area contributed by atoms with Crippen LogP contribution in [0.5, 0.6) is 0 Å². The van der Waals surface area contributed by atoms with Crippen LogP contribution in [0.1, 0.15) is 13.8 Å². The molecule has 0 saturated carbocycles. The molecule has 18 heavy (non-hydrogen) atoms. The van der Waals surface area contributed by atoms with E-state index in [1.807, 2.05) is 0 Å². The van der Waals surface area contributed by atoms with Gasteiger partial charge in [0.1, 0.15) is 0 Å². The minimum Gasteiger partial charge on any atom is -0.478 e. The Morgan fingerprint density at radius 2 is 1.72 bits per heavy atom. The summed E-state index contributed by atoms with van der Waals surface area (Å²) >= 11 is 0. The molecule has 0 bridgehead atoms. The number of rotatable bonds is 3. The SMILES string of the molecule is CC(C)OC(=O)/C=C\C(=O)O.O=C1C=CC(=O)O1. The van der Waals surface area contributed by atoms with E-state index in [-0.39, 0.29) is 6.10 Å². The number of hydrogen-bond acceptors (Lipinski definition) is 6. The first kappa shape index (κ1) is 15.6. The summed E-state index contributed by atoms with van der Waals surface area (Å²) in [7, 11) is 0. The summed E-state index contributed by atoms with van der Waals surface area (Å²) in [5.74, 6) is -2.96. The molecule has 0 unspecified atom stereocenters. The number of carbonyl (C=O) groups is 4. The Balaban J connectivity index is 0.000000351. The first-order chi connectivity index (χ1) is 8.31. The van der Waals surface area contributed by atoms with E-state index in [2.05, 4.69) is 9.47 Å². The smallest absolute Gasteiger partial charge is 0.338 e. The number of cyclic esters (lactones) is 2. The highest BCUT2D eigenvalue weighted by Crippen LogP contribution is 1.92. The topological polar surface area (TPSA) is 107 Å². The van der Waals surface area contributed by atoms with Gasteiger partial charge in [0.15, 0.2) is 0 Å². The van der Waals surface area contributed by atoms with Crippen molar-refractivity contribution < 1.29 is 33.8 Å². The van der Waals surface area contributed by atoms with Gasteiger partial charge in [-0.05, 0) is 13.8 Å². The average Bonchev–Trinajstić information content (AvgIpc) is 2.59. The fourth-order valence-corrected chi connectivity index (χ4v) is 0.714. The first-order valence-corrected chi connectivity index (χ1v) is 4.86. The van der Waals surface area contributed by atoms with Gasteiger partial charge in [-0.3, -0.25) is 0 Å². The highest BCUT2D eigenvalue weighted by molar-refractivity contribution is 6.04. The van der Waals surface area contributed by atoms with Crippen molar-refractivity contribution in [3.63, 3.8) is 0 Å². The Kier molecular flexibility index (Phi) is 6.72. The molecule has 1 aliphatic rings. The van der Waals surface area contributed by atoms with E-state index in [1.54, 1.807) is 13.8 Å². The van der Waals surface area contributed by atoms with Crippen molar-refractivity contribution in [2.24, 2.45) is 0 Å². The average molecular weight is 256 g/mol. The van der Waals surface area contributed by atoms with Crippen molar-refractivity contribution in [2.45, 2.75) is 20.0 Å². The Labute approximate surface area is 103 Å². The van der Waals surface area contributed by atoms with E-state index in [4.69, 9.17) is 5.11 Å². The van der Waals surface area contributed by atoms with Crippen LogP contribution in [-0.2, 0) is 28.7 Å². The van der Waals surface area contributed by atoms with Crippen molar-refractivity contribution in [3.05, 3.63) is 24.3 Å². The fourth-order valence-electron chi connectivity index (χ4n) is 0.714. The summed E-state index contributed by atoms with van der Waals surface area (Å²) in [4.78, 5) is 40.3. The molecule has 0 aliphatic carbocycles. The van der Waals surface area contributed by atoms with E-state index < -0.39 is 23.9 Å². The van der Waals surface area contributed by atoms with E-state index >= 15 is 0 Å². The third kappa shape index (κ3) is 8.84. The maximum absolute atomic E-state index is 10.6. The van der Waals surface area contributed by atoms with Crippen LogP contribution in [0.15, 0.2) is 24.3 Å². The van der Waals surface area contributed by atoms with Gasteiger partial charge >= 0.3 is 23.9 Å². The molecule has 1 aliphatic heterocycles. The summed E-state index contributed by atoms with van der Waals surface area (Å²) in [5, 5.41) is 8.10. The van der Waals surface area contributed by atoms with Crippen molar-refractivity contribution in [3.8, 4) is 0 Å². The van der Waals surface area contributed by atoms with Crippen LogP contribution in [-0.4, -0.2) is 35.1 Å². The van der Waals surface area contributed by atoms with Crippen LogP contribution < -0.4 is 0 Å². The lowest BCUT2D eigenvalue weighted by atomic mass is 10.4. The van der Waals surface area contributed by atoms with Gasteiger partial charge in [-0.1, -0.05) is 0 Å². The summed E-state index contributed by atoms with van der Waals surface area (Å²) < 4.78 is 8.58. The maximum atomic E-state index is 10.6. The number of aliphatic carboxylic acids is 1. The molecule has 0 spiro atoms. The maximum Gasteiger partial charge on any atom is 0.338 e. The second-order valence-electron chi connectivity index (χ2n) is 3.23. The van der Waals surface area contributed by atoms with Crippen molar-refractivity contribution in [2.75, 3.05) is 0 Å². The molecule has 1 N–H and O–H groups in total. The molecule has 0 fully saturated rings. The number of carbonyl (C=O) groups excluding carboxylic acids is 3. The lowest BCUT2D eigenvalue weighted by molar-refractivity contribution is -0.150. The van der Waals surface area contributed by atoms with Crippen molar-refractivity contribution in [1.29, 1.82) is 0 Å². The summed E-state index contributed by atoms with van der Waals surface area (Å²) in [6, 6.07) is 0. The number of ether oxygens (including phenoxy) is 2. The van der Waals surface area contributed by atoms with Gasteiger partial charge in [0.25, 0.3) is 0 Å². The molecule has 1 heterocycles. The molecule has 0 saturated heterocycles. The Hall–Kier alpha value is -2.44. The molecule has 0 radical (unpaired) electrons. The Morgan fingerprint density at radius 3 is 2.00 bits per heavy atom. The molecule has 0 aromatic heterocycles. The molecule has 0 amide bonds. The molecule has 98 valence electrons. The van der Waals surface area contributed by atoms with Gasteiger partial charge in [-0.15, -0.1) is 0 Å². The summed E-state index contributed by atoms with van der Waals surface area (Å²) in [6.45, 7) is 3.37. The minimum absolute atomic E-state index is 0.221. The van der Waals surface area contributed by atoms with Crippen molar-refractivity contribution in [1.82, 2.24) is 0 Å². The fraction of sp³-hybridized carbons (Fsp3) is 0.273. The lowest BCUT2D eigenvalue weighted by Gasteiger charge is -2.02. The predicted molar refractivity (Wildman–Crippen MR) is 58.2 cm³/mol. The largest absolute Gasteiger partial charge is 0.478 e. The number of carboxylic acid groups (broad SMARTS) is 1. The molecular formula is C11H12O7. The molecule has 7 nitrogen and oxygen atoms in total. The first-order valence-electron chi connectivity index (χ1n) is 4.86. The van der Waals surface area contributed by atoms with E-state index in [0.29, 0.717) is 0 Å². The van der Waals surface area contributed by atoms with E-state index in [9.17, 15) is 19.2 Å². The number of carboxylic acids is 1. The van der Waals surface area contributed by atoms with Crippen LogP contribution in [0.2, 0.25) is 0 Å². The van der Waals surface area contributed by atoms with Gasteiger partial charge in [-0.25, -0.2) is 19.2 Å². The standard InChI is InChI=1S/C7H10O4.C4H2O3/c1-5(2)11-7(10)4-3-6(8)9;5-3-1-2-4(6)7-3/h3-5H,1-2H3,(H,8,9);1-2H/b4-3-;. The van der Waals surface area contributed by atoms with Gasteiger partial charge in [0, 0.05) is 24.3 Å². The van der Waals surface area contributed by atoms with Crippen molar-refractivity contribution >= 4 is 23.9 Å². The van der Waals surface area contributed by atoms with Gasteiger partial charge in [0.2, 0.25) is 0 Å². The number of esters is 3. The molecule has 0 atom stereocenters. The summed E-state index contributed by atoms with van der Waals surface area (Å²) in [6.07, 6.45) is 3.57. The number of hydrogen-bond donors (Lipinski definition) is 1. The van der Waals surface area contributed by atoms with E-state index in [1.165, 1.54) is 0 Å². The summed E-state index contributed by atoms with van der Waals surface area (Å²) in [5.41, 5.74) is 0. The molecule has 1 rings (SSSR count). The van der Waals surface area contributed by atoms with Crippen LogP contribution in [0.3, 0.4) is 0 Å². The van der Waals surface area contributed by atoms with Gasteiger partial charge in [-0.2, -0.15) is 0 Å². The quantitative estimate of drug-likeness (QED) is 0.436. The van der Waals surface area contributed by atoms with Crippen LogP contribution in [0, 0.1) is 0 Å². The zero-order valence-electron chi connectivity index (χ0n) is 9.78. The predicted octanol–water partition coefficient (Wildman–Crippen LogP) is 0.205. The molecule has 7 heteroatoms. The third-order valence-electron chi connectivity index (χ3n) is 1.27. The zero-order chi connectivity index (χ0) is 14.1. The van der Waals surface area contributed by atoms with Crippen LogP contribution in [0.25, 0.3) is 0 Å². The lowest BCUT2D eigenvalue weighted by Crippen LogP contribution is -2.08. The van der Waals surface area contributed by atoms with Gasteiger partial charge in [0.05, 0.1) is 6.10 Å². The normalized spacial score (nSPS) is 13.3. The van der Waals surface area contributed by atoms with Crippen LogP contribution in [0.4, 0.5) is 0 Å². The molecule has 0 aromatic carbocycles. The van der Waals surface area contributed by atoms with E-state index in [0.717, 1.165) is 24.3 Å². The highest BCUT2D eigenvalue weighted by Gasteiger charge is 2.10. The van der Waals surface area contributed by atoms with Gasteiger partial charge < -0.3 is 14.6 Å².